The minimum absolute atomic E-state index is 0. The van der Waals surface area contributed by atoms with Gasteiger partial charge in [-0.3, -0.25) is 58.1 Å². The summed E-state index contributed by atoms with van der Waals surface area (Å²) in [5.41, 5.74) is 36.0. The number of primary amides is 6. The first-order chi connectivity index (χ1) is 41.8. The van der Waals surface area contributed by atoms with Crippen LogP contribution in [-0.2, 0) is 68.7 Å². The van der Waals surface area contributed by atoms with E-state index in [9.17, 15) is 48.1 Å². The Morgan fingerprint density at radius 3 is 1.96 bits per heavy atom. The molecule has 0 aromatic rings. The van der Waals surface area contributed by atoms with Crippen LogP contribution in [0.3, 0.4) is 0 Å². The summed E-state index contributed by atoms with van der Waals surface area (Å²) in [5.74, 6) is -7.81. The summed E-state index contributed by atoms with van der Waals surface area (Å²) in [6.45, 7) is 21.3. The average molecular weight is 1340 g/mol. The van der Waals surface area contributed by atoms with Crippen molar-refractivity contribution in [3.05, 3.63) is 70.4 Å². The van der Waals surface area contributed by atoms with E-state index in [1.54, 1.807) is 20.2 Å². The van der Waals surface area contributed by atoms with Crippen molar-refractivity contribution >= 4 is 72.6 Å². The van der Waals surface area contributed by atoms with Crippen LogP contribution in [0.1, 0.15) is 154 Å². The maximum absolute atomic E-state index is 14.4. The van der Waals surface area contributed by atoms with E-state index in [0.717, 1.165) is 11.1 Å². The molecule has 7 amide bonds. The van der Waals surface area contributed by atoms with Crippen LogP contribution >= 0.6 is 7.82 Å². The maximum Gasteiger partial charge on any atom is 2.00 e. The second-order valence-electron chi connectivity index (χ2n) is 27.7. The normalized spacial score (nSPS) is 36.4. The van der Waals surface area contributed by atoms with Gasteiger partial charge in [-0.25, -0.2) is 0 Å². The largest absolute Gasteiger partial charge is 2.00 e. The molecule has 8 rings (SSSR count). The molecular formula is C64H95CoN13O13P-. The van der Waals surface area contributed by atoms with Crippen LogP contribution in [-0.4, -0.2) is 136 Å². The van der Waals surface area contributed by atoms with E-state index < -0.39 is 143 Å². The number of rotatable bonds is 26. The number of aliphatic imine (C=N–C) groups is 4. The van der Waals surface area contributed by atoms with Crippen molar-refractivity contribution in [3.8, 4) is 0 Å². The topological polar surface area (TPSA) is 442 Å². The molecule has 8 aliphatic rings. The molecule has 2 fully saturated rings. The molecule has 1 radical (unpaired) electrons. The second-order valence-corrected chi connectivity index (χ2v) is 29.0. The summed E-state index contributed by atoms with van der Waals surface area (Å²) >= 11 is 0. The van der Waals surface area contributed by atoms with Crippen molar-refractivity contribution in [3.63, 3.8) is 0 Å². The summed E-state index contributed by atoms with van der Waals surface area (Å²) in [6, 6.07) is -1.38. The van der Waals surface area contributed by atoms with Gasteiger partial charge in [-0.05, 0) is 95.8 Å². The quantitative estimate of drug-likeness (QED) is 0.0445. The molecule has 17 atom stereocenters. The van der Waals surface area contributed by atoms with Gasteiger partial charge in [-0.2, -0.15) is 5.70 Å². The number of phosphoric ester groups is 1. The van der Waals surface area contributed by atoms with Gasteiger partial charge in [0.25, 0.3) is 7.82 Å². The number of phosphoric acid groups is 1. The zero-order valence-electron chi connectivity index (χ0n) is 55.2. The molecule has 7 aliphatic heterocycles. The third-order valence-electron chi connectivity index (χ3n) is 21.2. The van der Waals surface area contributed by atoms with Gasteiger partial charge in [-0.1, -0.05) is 70.9 Å². The number of aliphatic hydroxyl groups excluding tert-OH is 1. The third kappa shape index (κ3) is 14.3. The summed E-state index contributed by atoms with van der Waals surface area (Å²) < 4.78 is 31.1. The Hall–Kier alpha value is -6.19. The fourth-order valence-corrected chi connectivity index (χ4v) is 17.2. The molecule has 14 N–H and O–H groups in total. The fourth-order valence-electron chi connectivity index (χ4n) is 16.0. The minimum Gasteiger partial charge on any atom is -0.756 e. The molecule has 28 heteroatoms. The first-order valence-electron chi connectivity index (χ1n) is 31.1. The molecule has 7 heterocycles. The molecule has 0 aromatic carbocycles. The number of hydrogen-bond donors (Lipinski definition) is 8. The Bertz CT molecular complexity index is 3340. The van der Waals surface area contributed by atoms with Crippen molar-refractivity contribution in [1.29, 1.82) is 0 Å². The number of carbonyl (C=O) groups excluding carboxylic acids is 7. The number of nitrogens with two attached hydrogens (primary N) is 6. The van der Waals surface area contributed by atoms with Crippen LogP contribution in [0.4, 0.5) is 0 Å². The number of ether oxygens (including phenoxy) is 1. The zero-order valence-corrected chi connectivity index (χ0v) is 57.1. The summed E-state index contributed by atoms with van der Waals surface area (Å²) in [7, 11) is -5.15. The zero-order chi connectivity index (χ0) is 66.7. The van der Waals surface area contributed by atoms with E-state index in [4.69, 9.17) is 68.5 Å². The maximum atomic E-state index is 14.4. The molecule has 1 aliphatic carbocycles. The van der Waals surface area contributed by atoms with E-state index in [1.165, 1.54) is 6.92 Å². The molecule has 8 bridgehead atoms. The van der Waals surface area contributed by atoms with Crippen molar-refractivity contribution in [2.75, 3.05) is 13.2 Å². The molecule has 3 unspecified atom stereocenters. The van der Waals surface area contributed by atoms with Crippen LogP contribution in [0, 0.1) is 58.7 Å². The van der Waals surface area contributed by atoms with Crippen molar-refractivity contribution < 1.29 is 78.7 Å². The predicted octanol–water partition coefficient (Wildman–Crippen LogP) is 4.19. The van der Waals surface area contributed by atoms with E-state index in [0.29, 0.717) is 45.4 Å². The number of nitrogens with one attached hydrogen (secondary N) is 1. The minimum atomic E-state index is -5.15. The monoisotopic (exact) mass is 1340 g/mol. The standard InChI is InChI=1S/C63H94N13O13P.CH3.Co/c1-30-21-41-42(22-31(30)2)76(29-71-41)58-35(6)54(43(28-77)87-58)89-90(85,86)88-32(3)27-70-51(84)19-20-60(9)39(23-48(67)81)57-63(12)62(11,26-50(69)83)38(15-18-47(66)80)53(75-63)34(5)56-61(10,25-49(68)82)36(13-16-45(64)78)40(72-56)24-44-59(7,8)37(14-17-46(65)79)52(73-44)33(4)55(60)74-57;;/h21-22,24,29,32,35-39,41-43,54,57-58,77H,13-20,23,25-28H2,1-12H3,(H15,64,65,66,67,68,69,70,72,73,74,75,78,79,80,81,82,83,84,85,86);1H3;/q;-1;+2/p-2/t32-,35-,36-,37-,38-,39+,41?,42?,43-,54+,57-,58+,60-,61+,62+,63+;;/m1../s1. The molecule has 2 saturated heterocycles. The molecule has 26 nitrogen and oxygen atoms in total. The van der Waals surface area contributed by atoms with E-state index in [1.807, 2.05) is 73.3 Å². The Kier molecular flexibility index (Phi) is 22.8. The van der Waals surface area contributed by atoms with Gasteiger partial charge in [0.05, 0.1) is 42.4 Å². The first-order valence-corrected chi connectivity index (χ1v) is 32.5. The first kappa shape index (κ1) is 74.8. The van der Waals surface area contributed by atoms with Gasteiger partial charge in [-0.15, -0.1) is 0 Å². The van der Waals surface area contributed by atoms with E-state index in [-0.39, 0.29) is 113 Å². The van der Waals surface area contributed by atoms with Gasteiger partial charge in [0, 0.05) is 114 Å². The summed E-state index contributed by atoms with van der Waals surface area (Å²) in [6.07, 6.45) is 2.73. The molecule has 0 saturated carbocycles. The van der Waals surface area contributed by atoms with Crippen molar-refractivity contribution in [1.82, 2.24) is 10.2 Å². The van der Waals surface area contributed by atoms with Crippen molar-refractivity contribution in [2.24, 2.45) is 106 Å². The third-order valence-corrected chi connectivity index (χ3v) is 22.3. The number of hydrogen-bond acceptors (Lipinski definition) is 18. The van der Waals surface area contributed by atoms with Crippen LogP contribution < -0.4 is 44.6 Å². The average Bonchev–Trinajstić information content (AvgIpc) is 1.53. The van der Waals surface area contributed by atoms with Gasteiger partial charge < -0.3 is 81.1 Å². The van der Waals surface area contributed by atoms with Crippen molar-refractivity contribution in [2.45, 2.75) is 202 Å². The fraction of sp³-hybridized carbons (Fsp3) is 0.656. The summed E-state index contributed by atoms with van der Waals surface area (Å²) in [4.78, 5) is 130. The molecule has 0 aromatic heterocycles. The van der Waals surface area contributed by atoms with Gasteiger partial charge in [0.2, 0.25) is 41.4 Å². The van der Waals surface area contributed by atoms with E-state index in [2.05, 4.69) is 22.5 Å². The molecular weight excluding hydrogens is 1250 g/mol. The number of aliphatic hydroxyl groups is 1. The number of nitrogens with zero attached hydrogens (tertiary/aromatic N) is 6. The second kappa shape index (κ2) is 28.0. The van der Waals surface area contributed by atoms with Gasteiger partial charge in [0.1, 0.15) is 18.4 Å². The molecule has 92 heavy (non-hydrogen) atoms. The van der Waals surface area contributed by atoms with Crippen LogP contribution in [0.5, 0.6) is 0 Å². The number of amides is 7. The number of allylic oxidation sites excluding steroid dienone is 8. The Morgan fingerprint density at radius 2 is 1.38 bits per heavy atom. The SMILES string of the molecule is CC1=CC2N=CN([C@H]3O[C@H](CO)[C@@H](OP(=O)([O-])O[C@H](C)CNC(=O)CC[C@@]4(C)/C5=C(\C)C6=N/C(=C\C7=NC(=C(/C)C8=N[C@@](C)([C@H]([N-]5)[C@@H]4CC(N)=O)[C@@](C)(CC(N)=O)[C@@H]8CCC(N)=O)/[C@@](C)(CC(N)=O)[C@@H]7CCC(N)=O)C(C)(C)[C@@H]6CCC(N)=O)[C@H]3C)C2C=C1C.[CH3-].[Co+2]. The van der Waals surface area contributed by atoms with E-state index >= 15 is 0 Å². The molecule has 0 spiro atoms. The van der Waals surface area contributed by atoms with Crippen LogP contribution in [0.2, 0.25) is 0 Å². The Morgan fingerprint density at radius 1 is 0.793 bits per heavy atom. The van der Waals surface area contributed by atoms with Gasteiger partial charge in [0.15, 0.2) is 0 Å². The Labute approximate surface area is 550 Å². The van der Waals surface area contributed by atoms with Gasteiger partial charge >= 0.3 is 16.8 Å². The summed E-state index contributed by atoms with van der Waals surface area (Å²) in [5, 5.41) is 18.8. The van der Waals surface area contributed by atoms with Crippen LogP contribution in [0.25, 0.3) is 5.32 Å². The smallest absolute Gasteiger partial charge is 0.756 e. The number of fused-ring (bicyclic) bond motifs is 7. The predicted molar refractivity (Wildman–Crippen MR) is 342 cm³/mol. The van der Waals surface area contributed by atoms with Crippen LogP contribution in [0.15, 0.2) is 77.6 Å². The number of carbonyl (C=O) groups is 7. The Balaban J connectivity index is 0.00000672. The molecule has 509 valence electrons.